The summed E-state index contributed by atoms with van der Waals surface area (Å²) in [5, 5.41) is 3.10. The Morgan fingerprint density at radius 2 is 1.85 bits per heavy atom. The number of carbonyl (C=O) groups excluding carboxylic acids is 2. The predicted octanol–water partition coefficient (Wildman–Crippen LogP) is 3.96. The molecule has 0 radical (unpaired) electrons. The number of aryl methyl sites for hydroxylation is 1. The van der Waals surface area contributed by atoms with Gasteiger partial charge in [-0.2, -0.15) is 0 Å². The van der Waals surface area contributed by atoms with E-state index in [4.69, 9.17) is 4.43 Å². The Hall–Kier alpha value is -1.46. The Kier molecular flexibility index (Phi) is 4.91. The number of ketones is 1. The van der Waals surface area contributed by atoms with Crippen LogP contribution in [0.25, 0.3) is 0 Å². The number of amides is 1. The first-order valence-electron chi connectivity index (χ1n) is 9.63. The molecule has 1 saturated heterocycles. The summed E-state index contributed by atoms with van der Waals surface area (Å²) in [6, 6.07) is 7.73. The van der Waals surface area contributed by atoms with Gasteiger partial charge in [-0.1, -0.05) is 45.0 Å². The van der Waals surface area contributed by atoms with Crippen LogP contribution >= 0.6 is 0 Å². The number of rotatable bonds is 4. The summed E-state index contributed by atoms with van der Waals surface area (Å²) in [5.41, 5.74) is 1.95. The first kappa shape index (κ1) is 19.3. The van der Waals surface area contributed by atoms with Crippen LogP contribution in [-0.4, -0.2) is 32.2 Å². The Labute approximate surface area is 157 Å². The highest BCUT2D eigenvalue weighted by Gasteiger charge is 2.52. The molecular formula is C21H31NO3Si. The van der Waals surface area contributed by atoms with Gasteiger partial charge in [0.15, 0.2) is 14.1 Å². The molecule has 1 aliphatic carbocycles. The zero-order valence-corrected chi connectivity index (χ0v) is 17.8. The molecule has 3 rings (SSSR count). The van der Waals surface area contributed by atoms with Gasteiger partial charge in [-0.25, -0.2) is 0 Å². The molecule has 4 nitrogen and oxygen atoms in total. The van der Waals surface area contributed by atoms with Gasteiger partial charge in [-0.15, -0.1) is 0 Å². The fraction of sp³-hybridized carbons (Fsp3) is 0.619. The standard InChI is InChI=1S/C21H31NO3Si/c1-13(25-26(5,6)21(2,3)4)17-18(22-20(17)24)16-12-11-14-9-7-8-10-15(14)19(16)23/h7-10,13,16-18H,11-12H2,1-6H3,(H,22,24)/t13-,16-,17-,18-/m1/s1. The van der Waals surface area contributed by atoms with Crippen molar-refractivity contribution in [3.8, 4) is 0 Å². The second kappa shape index (κ2) is 6.61. The van der Waals surface area contributed by atoms with Crippen LogP contribution < -0.4 is 5.32 Å². The van der Waals surface area contributed by atoms with Crippen molar-refractivity contribution < 1.29 is 14.0 Å². The van der Waals surface area contributed by atoms with Crippen LogP contribution in [-0.2, 0) is 15.6 Å². The average molecular weight is 374 g/mol. The highest BCUT2D eigenvalue weighted by atomic mass is 28.4. The lowest BCUT2D eigenvalue weighted by Gasteiger charge is -2.48. The minimum Gasteiger partial charge on any atom is -0.413 e. The van der Waals surface area contributed by atoms with E-state index < -0.39 is 8.32 Å². The first-order chi connectivity index (χ1) is 12.0. The monoisotopic (exact) mass is 373 g/mol. The maximum absolute atomic E-state index is 13.0. The SMILES string of the molecule is C[C@@H](O[Si](C)(C)C(C)(C)C)[C@H]1C(=O)N[C@@H]1[C@H]1CCc2ccccc2C1=O. The van der Waals surface area contributed by atoms with Crippen LogP contribution in [0, 0.1) is 11.8 Å². The molecule has 0 unspecified atom stereocenters. The number of fused-ring (bicyclic) bond motifs is 1. The summed E-state index contributed by atoms with van der Waals surface area (Å²) >= 11 is 0. The third-order valence-corrected chi connectivity index (χ3v) is 11.1. The van der Waals surface area contributed by atoms with E-state index in [0.29, 0.717) is 0 Å². The lowest BCUT2D eigenvalue weighted by molar-refractivity contribution is -0.141. The largest absolute Gasteiger partial charge is 0.413 e. The molecule has 1 aromatic carbocycles. The fourth-order valence-electron chi connectivity index (χ4n) is 3.95. The maximum Gasteiger partial charge on any atom is 0.228 e. The predicted molar refractivity (Wildman–Crippen MR) is 106 cm³/mol. The summed E-state index contributed by atoms with van der Waals surface area (Å²) < 4.78 is 6.47. The smallest absolute Gasteiger partial charge is 0.228 e. The van der Waals surface area contributed by atoms with E-state index in [0.717, 1.165) is 24.0 Å². The number of Topliss-reactive ketones (excluding diaryl/α,β-unsaturated/α-hetero) is 1. The summed E-state index contributed by atoms with van der Waals surface area (Å²) in [5.74, 6) is -0.185. The van der Waals surface area contributed by atoms with Crippen LogP contribution in [0.4, 0.5) is 0 Å². The third-order valence-electron chi connectivity index (χ3n) is 6.57. The molecule has 5 heteroatoms. The molecule has 1 fully saturated rings. The molecule has 26 heavy (non-hydrogen) atoms. The Balaban J connectivity index is 1.76. The average Bonchev–Trinajstić information content (AvgIpc) is 2.52. The summed E-state index contributed by atoms with van der Waals surface area (Å²) in [4.78, 5) is 25.3. The van der Waals surface area contributed by atoms with E-state index in [1.54, 1.807) is 0 Å². The second-order valence-electron chi connectivity index (χ2n) is 9.31. The number of β-lactam (4-membered cyclic amide) rings is 1. The van der Waals surface area contributed by atoms with Crippen molar-refractivity contribution in [1.29, 1.82) is 0 Å². The van der Waals surface area contributed by atoms with Crippen LogP contribution in [0.5, 0.6) is 0 Å². The van der Waals surface area contributed by atoms with Crippen LogP contribution in [0.15, 0.2) is 24.3 Å². The van der Waals surface area contributed by atoms with Crippen LogP contribution in [0.3, 0.4) is 0 Å². The van der Waals surface area contributed by atoms with Gasteiger partial charge in [0.2, 0.25) is 5.91 Å². The molecule has 0 bridgehead atoms. The number of hydrogen-bond acceptors (Lipinski definition) is 3. The van der Waals surface area contributed by atoms with Crippen LogP contribution in [0.1, 0.15) is 50.0 Å². The normalized spacial score (nSPS) is 27.4. The summed E-state index contributed by atoms with van der Waals surface area (Å²) in [6.45, 7) is 13.0. The first-order valence-corrected chi connectivity index (χ1v) is 12.5. The van der Waals surface area contributed by atoms with Crippen molar-refractivity contribution in [1.82, 2.24) is 5.32 Å². The van der Waals surface area contributed by atoms with E-state index in [-0.39, 0.29) is 40.7 Å². The van der Waals surface area contributed by atoms with Crippen molar-refractivity contribution in [2.75, 3.05) is 0 Å². The molecule has 0 spiro atoms. The molecule has 1 heterocycles. The quantitative estimate of drug-likeness (QED) is 0.642. The van der Waals surface area contributed by atoms with Crippen LogP contribution in [0.2, 0.25) is 18.1 Å². The number of hydrogen-bond donors (Lipinski definition) is 1. The summed E-state index contributed by atoms with van der Waals surface area (Å²) in [7, 11) is -1.96. The summed E-state index contributed by atoms with van der Waals surface area (Å²) in [6.07, 6.45) is 1.52. The van der Waals surface area contributed by atoms with E-state index in [9.17, 15) is 9.59 Å². The van der Waals surface area contributed by atoms with Gasteiger partial charge in [0.05, 0.1) is 18.1 Å². The minimum absolute atomic E-state index is 0.0212. The zero-order chi connectivity index (χ0) is 19.3. The van der Waals surface area contributed by atoms with E-state index in [1.807, 2.05) is 31.2 Å². The molecule has 1 amide bonds. The van der Waals surface area contributed by atoms with Gasteiger partial charge >= 0.3 is 0 Å². The van der Waals surface area contributed by atoms with Gasteiger partial charge < -0.3 is 9.74 Å². The fourth-order valence-corrected chi connectivity index (χ4v) is 5.38. The number of nitrogens with one attached hydrogen (secondary N) is 1. The van der Waals surface area contributed by atoms with Crippen molar-refractivity contribution in [2.45, 2.75) is 70.8 Å². The molecule has 142 valence electrons. The van der Waals surface area contributed by atoms with Crippen molar-refractivity contribution in [2.24, 2.45) is 11.8 Å². The minimum atomic E-state index is -1.96. The van der Waals surface area contributed by atoms with E-state index in [2.05, 4.69) is 39.2 Å². The zero-order valence-electron chi connectivity index (χ0n) is 16.8. The van der Waals surface area contributed by atoms with Gasteiger partial charge in [0.25, 0.3) is 0 Å². The van der Waals surface area contributed by atoms with Crippen molar-refractivity contribution in [3.05, 3.63) is 35.4 Å². The Bertz CT molecular complexity index is 722. The molecular weight excluding hydrogens is 342 g/mol. The molecule has 4 atom stereocenters. The highest BCUT2D eigenvalue weighted by Crippen LogP contribution is 2.41. The lowest BCUT2D eigenvalue weighted by Crippen LogP contribution is -2.67. The van der Waals surface area contributed by atoms with Gasteiger partial charge in [0.1, 0.15) is 0 Å². The Morgan fingerprint density at radius 3 is 2.46 bits per heavy atom. The van der Waals surface area contributed by atoms with Gasteiger partial charge in [-0.3, -0.25) is 9.59 Å². The van der Waals surface area contributed by atoms with Crippen molar-refractivity contribution in [3.63, 3.8) is 0 Å². The molecule has 1 aliphatic heterocycles. The topological polar surface area (TPSA) is 55.4 Å². The van der Waals surface area contributed by atoms with Crippen molar-refractivity contribution >= 4 is 20.0 Å². The molecule has 1 N–H and O–H groups in total. The molecule has 0 aromatic heterocycles. The Morgan fingerprint density at radius 1 is 1.19 bits per heavy atom. The van der Waals surface area contributed by atoms with E-state index in [1.165, 1.54) is 0 Å². The van der Waals surface area contributed by atoms with Gasteiger partial charge in [0, 0.05) is 11.5 Å². The third kappa shape index (κ3) is 3.27. The lowest BCUT2D eigenvalue weighted by atomic mass is 9.70. The number of carbonyl (C=O) groups is 2. The molecule has 2 aliphatic rings. The molecule has 1 aromatic rings. The van der Waals surface area contributed by atoms with E-state index >= 15 is 0 Å². The molecule has 0 saturated carbocycles. The van der Waals surface area contributed by atoms with Gasteiger partial charge in [-0.05, 0) is 43.5 Å². The maximum atomic E-state index is 13.0. The number of benzene rings is 1. The highest BCUT2D eigenvalue weighted by molar-refractivity contribution is 6.74. The second-order valence-corrected chi connectivity index (χ2v) is 14.1.